The van der Waals surface area contributed by atoms with E-state index in [1.54, 1.807) is 14.0 Å². The maximum absolute atomic E-state index is 8.66. The molecule has 0 spiro atoms. The van der Waals surface area contributed by atoms with Gasteiger partial charge in [0.25, 0.3) is 0 Å². The first kappa shape index (κ1) is 14.5. The summed E-state index contributed by atoms with van der Waals surface area (Å²) >= 11 is 0. The zero-order valence-corrected chi connectivity index (χ0v) is 11.4. The lowest BCUT2D eigenvalue weighted by molar-refractivity contribution is 0.00546. The average Bonchev–Trinajstić information content (AvgIpc) is 2.38. The smallest absolute Gasteiger partial charge is 0.119 e. The minimum Gasteiger partial charge on any atom is -0.493 e. The van der Waals surface area contributed by atoms with Gasteiger partial charge in [-0.2, -0.15) is 0 Å². The van der Waals surface area contributed by atoms with Crippen molar-refractivity contribution >= 4 is 5.71 Å². The van der Waals surface area contributed by atoms with Crippen LogP contribution in [-0.4, -0.2) is 30.2 Å². The molecule has 0 saturated heterocycles. The minimum atomic E-state index is -0.167. The third-order valence-corrected chi connectivity index (χ3v) is 2.95. The molecule has 1 aromatic rings. The van der Waals surface area contributed by atoms with E-state index in [9.17, 15) is 0 Å². The van der Waals surface area contributed by atoms with Gasteiger partial charge < -0.3 is 14.7 Å². The van der Waals surface area contributed by atoms with Crippen LogP contribution in [0.1, 0.15) is 32.8 Å². The number of rotatable bonds is 6. The molecule has 100 valence electrons. The number of hydrogen-bond donors (Lipinski definition) is 1. The van der Waals surface area contributed by atoms with Crippen molar-refractivity contribution in [3.8, 4) is 5.75 Å². The molecule has 0 heterocycles. The van der Waals surface area contributed by atoms with E-state index in [4.69, 9.17) is 14.7 Å². The van der Waals surface area contributed by atoms with E-state index < -0.39 is 0 Å². The van der Waals surface area contributed by atoms with Gasteiger partial charge in [0.1, 0.15) is 5.75 Å². The Morgan fingerprint density at radius 3 is 2.39 bits per heavy atom. The van der Waals surface area contributed by atoms with Gasteiger partial charge in [0.05, 0.1) is 17.9 Å². The lowest BCUT2D eigenvalue weighted by atomic mass is 10.1. The normalized spacial score (nSPS) is 12.6. The van der Waals surface area contributed by atoms with Gasteiger partial charge in [0, 0.05) is 13.5 Å². The molecular weight excluding hydrogens is 230 g/mol. The molecule has 4 heteroatoms. The van der Waals surface area contributed by atoms with Crippen molar-refractivity contribution in [2.24, 2.45) is 5.16 Å². The minimum absolute atomic E-state index is 0.167. The molecule has 4 nitrogen and oxygen atoms in total. The first-order chi connectivity index (χ1) is 8.48. The highest BCUT2D eigenvalue weighted by atomic mass is 16.5. The van der Waals surface area contributed by atoms with Gasteiger partial charge in [0.15, 0.2) is 0 Å². The molecule has 0 radical (unpaired) electrons. The Bertz CT molecular complexity index is 396. The fourth-order valence-electron chi connectivity index (χ4n) is 1.37. The third-order valence-electron chi connectivity index (χ3n) is 2.95. The Morgan fingerprint density at radius 1 is 1.28 bits per heavy atom. The van der Waals surface area contributed by atoms with E-state index in [-0.39, 0.29) is 5.60 Å². The molecule has 1 rings (SSSR count). The summed E-state index contributed by atoms with van der Waals surface area (Å²) in [6, 6.07) is 7.46. The molecule has 0 unspecified atom stereocenters. The predicted molar refractivity (Wildman–Crippen MR) is 71.6 cm³/mol. The van der Waals surface area contributed by atoms with Gasteiger partial charge in [-0.1, -0.05) is 5.16 Å². The Kier molecular flexibility index (Phi) is 5.16. The summed E-state index contributed by atoms with van der Waals surface area (Å²) in [5, 5.41) is 11.8. The number of methoxy groups -OCH3 is 1. The molecule has 1 aromatic carbocycles. The van der Waals surface area contributed by atoms with Crippen molar-refractivity contribution in [2.45, 2.75) is 32.8 Å². The van der Waals surface area contributed by atoms with Crippen molar-refractivity contribution in [1.29, 1.82) is 0 Å². The van der Waals surface area contributed by atoms with E-state index in [0.29, 0.717) is 12.3 Å². The summed E-state index contributed by atoms with van der Waals surface area (Å²) < 4.78 is 10.9. The van der Waals surface area contributed by atoms with E-state index in [2.05, 4.69) is 5.16 Å². The van der Waals surface area contributed by atoms with Crippen LogP contribution in [0.4, 0.5) is 0 Å². The molecule has 18 heavy (non-hydrogen) atoms. The molecule has 0 amide bonds. The summed E-state index contributed by atoms with van der Waals surface area (Å²) in [5.74, 6) is 0.802. The standard InChI is InChI=1S/C14H21NO3/c1-11(15-16)12-5-7-13(8-6-12)18-10-9-14(2,3)17-4/h5-8,16H,9-10H2,1-4H3/b15-11+. The number of nitrogens with zero attached hydrogens (tertiary/aromatic N) is 1. The Balaban J connectivity index is 2.50. The molecule has 1 N–H and O–H groups in total. The van der Waals surface area contributed by atoms with E-state index in [1.807, 2.05) is 38.1 Å². The molecule has 0 atom stereocenters. The topological polar surface area (TPSA) is 51.0 Å². The molecule has 0 fully saturated rings. The summed E-state index contributed by atoms with van der Waals surface area (Å²) in [6.45, 7) is 6.41. The van der Waals surface area contributed by atoms with E-state index in [1.165, 1.54) is 0 Å². The van der Waals surface area contributed by atoms with Crippen LogP contribution in [0.2, 0.25) is 0 Å². The van der Waals surface area contributed by atoms with Crippen LogP contribution in [-0.2, 0) is 4.74 Å². The van der Waals surface area contributed by atoms with Gasteiger partial charge in [-0.15, -0.1) is 0 Å². The fourth-order valence-corrected chi connectivity index (χ4v) is 1.37. The lowest BCUT2D eigenvalue weighted by Crippen LogP contribution is -2.25. The highest BCUT2D eigenvalue weighted by Gasteiger charge is 2.15. The van der Waals surface area contributed by atoms with Gasteiger partial charge >= 0.3 is 0 Å². The third kappa shape index (κ3) is 4.37. The SMILES string of the molecule is COC(C)(C)CCOc1ccc(/C(C)=N/O)cc1. The number of hydrogen-bond acceptors (Lipinski definition) is 4. The van der Waals surface area contributed by atoms with Crippen molar-refractivity contribution in [3.63, 3.8) is 0 Å². The number of oxime groups is 1. The summed E-state index contributed by atoms with van der Waals surface area (Å²) in [5.41, 5.74) is 1.30. The molecule has 0 aliphatic carbocycles. The van der Waals surface area contributed by atoms with Crippen LogP contribution in [0.15, 0.2) is 29.4 Å². The Morgan fingerprint density at radius 2 is 1.89 bits per heavy atom. The highest BCUT2D eigenvalue weighted by molar-refractivity contribution is 5.98. The quantitative estimate of drug-likeness (QED) is 0.480. The van der Waals surface area contributed by atoms with Gasteiger partial charge in [-0.05, 0) is 50.6 Å². The first-order valence-electron chi connectivity index (χ1n) is 5.95. The zero-order valence-electron chi connectivity index (χ0n) is 11.4. The van der Waals surface area contributed by atoms with Gasteiger partial charge in [-0.3, -0.25) is 0 Å². The largest absolute Gasteiger partial charge is 0.493 e. The van der Waals surface area contributed by atoms with Gasteiger partial charge in [0.2, 0.25) is 0 Å². The Labute approximate surface area is 108 Å². The average molecular weight is 251 g/mol. The van der Waals surface area contributed by atoms with E-state index >= 15 is 0 Å². The van der Waals surface area contributed by atoms with Crippen LogP contribution in [0.25, 0.3) is 0 Å². The van der Waals surface area contributed by atoms with E-state index in [0.717, 1.165) is 17.7 Å². The highest BCUT2D eigenvalue weighted by Crippen LogP contribution is 2.16. The number of ether oxygens (including phenoxy) is 2. The maximum atomic E-state index is 8.66. The second-order valence-corrected chi connectivity index (χ2v) is 4.77. The summed E-state index contributed by atoms with van der Waals surface area (Å²) in [4.78, 5) is 0. The second-order valence-electron chi connectivity index (χ2n) is 4.77. The molecule has 0 bridgehead atoms. The molecule has 0 aliphatic heterocycles. The van der Waals surface area contributed by atoms with Crippen LogP contribution in [0, 0.1) is 0 Å². The fraction of sp³-hybridized carbons (Fsp3) is 0.500. The monoisotopic (exact) mass is 251 g/mol. The van der Waals surface area contributed by atoms with Crippen molar-refractivity contribution in [2.75, 3.05) is 13.7 Å². The molecular formula is C14H21NO3. The van der Waals surface area contributed by atoms with Crippen LogP contribution in [0.3, 0.4) is 0 Å². The van der Waals surface area contributed by atoms with Gasteiger partial charge in [-0.25, -0.2) is 0 Å². The first-order valence-corrected chi connectivity index (χ1v) is 5.95. The number of benzene rings is 1. The van der Waals surface area contributed by atoms with Crippen LogP contribution < -0.4 is 4.74 Å². The molecule has 0 aliphatic rings. The van der Waals surface area contributed by atoms with Crippen molar-refractivity contribution in [3.05, 3.63) is 29.8 Å². The Hall–Kier alpha value is -1.55. The summed E-state index contributed by atoms with van der Waals surface area (Å²) in [7, 11) is 1.70. The van der Waals surface area contributed by atoms with Crippen LogP contribution in [0.5, 0.6) is 5.75 Å². The van der Waals surface area contributed by atoms with Crippen molar-refractivity contribution in [1.82, 2.24) is 0 Å². The van der Waals surface area contributed by atoms with Crippen LogP contribution >= 0.6 is 0 Å². The predicted octanol–water partition coefficient (Wildman–Crippen LogP) is 3.08. The van der Waals surface area contributed by atoms with Crippen molar-refractivity contribution < 1.29 is 14.7 Å². The summed E-state index contributed by atoms with van der Waals surface area (Å²) in [6.07, 6.45) is 0.822. The second kappa shape index (κ2) is 6.40. The molecule has 0 aromatic heterocycles. The lowest BCUT2D eigenvalue weighted by Gasteiger charge is -2.22. The zero-order chi connectivity index (χ0) is 13.6. The maximum Gasteiger partial charge on any atom is 0.119 e. The molecule has 0 saturated carbocycles.